The van der Waals surface area contributed by atoms with Gasteiger partial charge >= 0.3 is 0 Å². The molecule has 0 unspecified atom stereocenters. The fourth-order valence-electron chi connectivity index (χ4n) is 4.23. The second-order valence-corrected chi connectivity index (χ2v) is 7.31. The predicted molar refractivity (Wildman–Crippen MR) is 107 cm³/mol. The molecule has 2 N–H and O–H groups in total. The van der Waals surface area contributed by atoms with E-state index in [1.54, 1.807) is 0 Å². The second kappa shape index (κ2) is 6.29. The molecule has 0 bridgehead atoms. The van der Waals surface area contributed by atoms with Crippen molar-refractivity contribution < 1.29 is 4.74 Å². The number of fused-ring (bicyclic) bond motifs is 4. The van der Waals surface area contributed by atoms with Crippen LogP contribution in [0, 0.1) is 0 Å². The van der Waals surface area contributed by atoms with Gasteiger partial charge in [0.1, 0.15) is 0 Å². The third-order valence-electron chi connectivity index (χ3n) is 5.67. The summed E-state index contributed by atoms with van der Waals surface area (Å²) in [5, 5.41) is 11.8. The summed E-state index contributed by atoms with van der Waals surface area (Å²) in [6.07, 6.45) is 4.95. The number of nitrogens with one attached hydrogen (secondary N) is 2. The van der Waals surface area contributed by atoms with Gasteiger partial charge in [0, 0.05) is 49.7 Å². The first kappa shape index (κ1) is 16.0. The molecule has 5 heterocycles. The highest BCUT2D eigenvalue weighted by atomic mass is 16.5. The molecule has 4 aromatic rings. The topological polar surface area (TPSA) is 83.4 Å². The summed E-state index contributed by atoms with van der Waals surface area (Å²) in [4.78, 5) is 12.4. The Morgan fingerprint density at radius 1 is 1.11 bits per heavy atom. The van der Waals surface area contributed by atoms with Gasteiger partial charge in [-0.1, -0.05) is 12.1 Å². The minimum absolute atomic E-state index is 0.720. The minimum Gasteiger partial charge on any atom is -0.378 e. The first-order valence-corrected chi connectivity index (χ1v) is 9.75. The van der Waals surface area contributed by atoms with Gasteiger partial charge < -0.3 is 15.0 Å². The molecule has 2 aliphatic heterocycles. The number of benzene rings is 1. The summed E-state index contributed by atoms with van der Waals surface area (Å²) in [7, 11) is 0. The first-order valence-electron chi connectivity index (χ1n) is 9.75. The smallest absolute Gasteiger partial charge is 0.180 e. The molecule has 2 aliphatic rings. The lowest BCUT2D eigenvalue weighted by atomic mass is 10.1. The van der Waals surface area contributed by atoms with Crippen LogP contribution in [0.15, 0.2) is 30.6 Å². The second-order valence-electron chi connectivity index (χ2n) is 7.31. The van der Waals surface area contributed by atoms with Crippen molar-refractivity contribution in [3.8, 4) is 11.3 Å². The van der Waals surface area contributed by atoms with Gasteiger partial charge in [0.2, 0.25) is 0 Å². The summed E-state index contributed by atoms with van der Waals surface area (Å²) in [6.45, 7) is 4.90. The number of nitrogens with zero attached hydrogens (tertiary/aromatic N) is 5. The van der Waals surface area contributed by atoms with Gasteiger partial charge in [-0.3, -0.25) is 9.50 Å². The Labute approximate surface area is 161 Å². The summed E-state index contributed by atoms with van der Waals surface area (Å²) in [5.41, 5.74) is 6.38. The molecule has 8 heteroatoms. The van der Waals surface area contributed by atoms with Crippen LogP contribution < -0.4 is 10.2 Å². The maximum Gasteiger partial charge on any atom is 0.180 e. The third-order valence-corrected chi connectivity index (χ3v) is 5.67. The monoisotopic (exact) mass is 375 g/mol. The Hall–Kier alpha value is -2.97. The number of ether oxygens (including phenoxy) is 1. The molecule has 28 heavy (non-hydrogen) atoms. The molecular formula is C20H21N7O. The molecule has 3 aromatic heterocycles. The number of rotatable bonds is 2. The fraction of sp³-hybridized carbons (Fsp3) is 0.350. The highest BCUT2D eigenvalue weighted by molar-refractivity contribution is 5.93. The molecule has 142 valence electrons. The Balaban J connectivity index is 1.62. The van der Waals surface area contributed by atoms with Gasteiger partial charge in [-0.25, -0.2) is 9.97 Å². The third kappa shape index (κ3) is 2.42. The van der Waals surface area contributed by atoms with Crippen molar-refractivity contribution in [3.05, 3.63) is 42.0 Å². The van der Waals surface area contributed by atoms with E-state index < -0.39 is 0 Å². The number of hydrogen-bond acceptors (Lipinski definition) is 6. The maximum atomic E-state index is 5.56. The van der Waals surface area contributed by atoms with Crippen LogP contribution in [-0.4, -0.2) is 57.4 Å². The van der Waals surface area contributed by atoms with E-state index in [0.29, 0.717) is 0 Å². The van der Waals surface area contributed by atoms with E-state index in [1.165, 1.54) is 11.4 Å². The van der Waals surface area contributed by atoms with E-state index >= 15 is 0 Å². The van der Waals surface area contributed by atoms with Gasteiger partial charge in [-0.2, -0.15) is 5.10 Å². The highest BCUT2D eigenvalue weighted by Crippen LogP contribution is 2.31. The zero-order chi connectivity index (χ0) is 18.5. The zero-order valence-corrected chi connectivity index (χ0v) is 15.5. The van der Waals surface area contributed by atoms with Gasteiger partial charge in [0.05, 0.1) is 42.0 Å². The minimum atomic E-state index is 0.720. The molecule has 0 atom stereocenters. The SMILES string of the molecule is c1cc(-c2cn3c4c(nc3c(N3CCOCC3)n2)CCNC4)c2cn[nH]c2c1. The molecule has 0 aliphatic carbocycles. The van der Waals surface area contributed by atoms with E-state index in [4.69, 9.17) is 14.7 Å². The van der Waals surface area contributed by atoms with Gasteiger partial charge in [0.15, 0.2) is 11.5 Å². The lowest BCUT2D eigenvalue weighted by molar-refractivity contribution is 0.122. The maximum absolute atomic E-state index is 5.56. The fourth-order valence-corrected chi connectivity index (χ4v) is 4.23. The van der Waals surface area contributed by atoms with E-state index in [1.807, 2.05) is 18.3 Å². The number of imidazole rings is 1. The number of aromatic amines is 1. The van der Waals surface area contributed by atoms with Crippen LogP contribution in [0.5, 0.6) is 0 Å². The number of morpholine rings is 1. The van der Waals surface area contributed by atoms with Crippen molar-refractivity contribution in [2.75, 3.05) is 37.7 Å². The molecule has 1 aromatic carbocycles. The Bertz CT molecular complexity index is 1170. The average Bonchev–Trinajstić information content (AvgIpc) is 3.38. The van der Waals surface area contributed by atoms with Crippen LogP contribution in [0.3, 0.4) is 0 Å². The van der Waals surface area contributed by atoms with Crippen LogP contribution in [0.1, 0.15) is 11.4 Å². The van der Waals surface area contributed by atoms with E-state index in [0.717, 1.165) is 79.4 Å². The predicted octanol–water partition coefficient (Wildman–Crippen LogP) is 1.75. The molecule has 6 rings (SSSR count). The van der Waals surface area contributed by atoms with E-state index in [2.05, 4.69) is 37.1 Å². The van der Waals surface area contributed by atoms with Crippen molar-refractivity contribution in [1.82, 2.24) is 29.9 Å². The first-order chi connectivity index (χ1) is 13.9. The number of hydrogen-bond donors (Lipinski definition) is 2. The molecule has 0 amide bonds. The Kier molecular flexibility index (Phi) is 3.60. The largest absolute Gasteiger partial charge is 0.378 e. The normalized spacial score (nSPS) is 17.4. The molecule has 0 spiro atoms. The molecular weight excluding hydrogens is 354 g/mol. The summed E-state index contributed by atoms with van der Waals surface area (Å²) >= 11 is 0. The van der Waals surface area contributed by atoms with E-state index in [-0.39, 0.29) is 0 Å². The Morgan fingerprint density at radius 3 is 2.96 bits per heavy atom. The quantitative estimate of drug-likeness (QED) is 0.555. The van der Waals surface area contributed by atoms with Crippen molar-refractivity contribution in [2.24, 2.45) is 0 Å². The van der Waals surface area contributed by atoms with Gasteiger partial charge in [0.25, 0.3) is 0 Å². The van der Waals surface area contributed by atoms with Crippen molar-refractivity contribution >= 4 is 22.4 Å². The number of H-pyrrole nitrogens is 1. The van der Waals surface area contributed by atoms with Crippen LogP contribution >= 0.6 is 0 Å². The summed E-state index contributed by atoms with van der Waals surface area (Å²) in [5.74, 6) is 0.940. The number of anilines is 1. The number of aromatic nitrogens is 5. The molecule has 0 radical (unpaired) electrons. The van der Waals surface area contributed by atoms with Crippen molar-refractivity contribution in [1.29, 1.82) is 0 Å². The van der Waals surface area contributed by atoms with Gasteiger partial charge in [-0.05, 0) is 6.07 Å². The van der Waals surface area contributed by atoms with Crippen LogP contribution in [-0.2, 0) is 17.7 Å². The van der Waals surface area contributed by atoms with Crippen LogP contribution in [0.25, 0.3) is 27.8 Å². The molecule has 0 saturated carbocycles. The zero-order valence-electron chi connectivity index (χ0n) is 15.5. The summed E-state index contributed by atoms with van der Waals surface area (Å²) < 4.78 is 7.79. The van der Waals surface area contributed by atoms with Crippen LogP contribution in [0.2, 0.25) is 0 Å². The van der Waals surface area contributed by atoms with E-state index in [9.17, 15) is 0 Å². The lowest BCUT2D eigenvalue weighted by Gasteiger charge is -2.28. The standard InChI is InChI=1S/C20H21N7O/c1-2-13(14-10-22-25-15(14)3-1)17-12-27-18-11-21-5-4-16(18)23-20(27)19(24-17)26-6-8-28-9-7-26/h1-3,10,12,21H,4-9,11H2,(H,22,25). The lowest BCUT2D eigenvalue weighted by Crippen LogP contribution is -2.37. The Morgan fingerprint density at radius 2 is 2.04 bits per heavy atom. The van der Waals surface area contributed by atoms with Gasteiger partial charge in [-0.15, -0.1) is 0 Å². The molecule has 1 fully saturated rings. The summed E-state index contributed by atoms with van der Waals surface area (Å²) in [6, 6.07) is 6.19. The highest BCUT2D eigenvalue weighted by Gasteiger charge is 2.24. The van der Waals surface area contributed by atoms with Crippen molar-refractivity contribution in [3.63, 3.8) is 0 Å². The van der Waals surface area contributed by atoms with Crippen LogP contribution in [0.4, 0.5) is 5.82 Å². The average molecular weight is 375 g/mol. The molecule has 1 saturated heterocycles. The molecule has 8 nitrogen and oxygen atoms in total. The van der Waals surface area contributed by atoms with Crippen molar-refractivity contribution in [2.45, 2.75) is 13.0 Å².